The summed E-state index contributed by atoms with van der Waals surface area (Å²) >= 11 is 0. The summed E-state index contributed by atoms with van der Waals surface area (Å²) in [6.45, 7) is 0.793. The maximum atomic E-state index is 9.16. The minimum absolute atomic E-state index is 0.123. The molecule has 88 valence electrons. The Balaban J connectivity index is 1.92. The highest BCUT2D eigenvalue weighted by Crippen LogP contribution is 2.28. The Kier molecular flexibility index (Phi) is 3.14. The molecule has 1 fully saturated rings. The summed E-state index contributed by atoms with van der Waals surface area (Å²) in [5.41, 5.74) is 6.40. The van der Waals surface area contributed by atoms with Crippen LogP contribution in [0.25, 0.3) is 0 Å². The van der Waals surface area contributed by atoms with Crippen LogP contribution in [0.1, 0.15) is 12.8 Å². The number of anilines is 2. The molecule has 1 heterocycles. The first-order chi connectivity index (χ1) is 7.69. The molecule has 0 radical (unpaired) electrons. The second kappa shape index (κ2) is 4.57. The van der Waals surface area contributed by atoms with Crippen LogP contribution in [-0.2, 0) is 0 Å². The molecule has 1 aromatic rings. The fraction of sp³-hybridized carbons (Fsp3) is 0.545. The zero-order valence-electron chi connectivity index (χ0n) is 9.31. The number of nitrogen functional groups attached to an aromatic ring is 1. The second-order valence-electron chi connectivity index (χ2n) is 4.16. The third-order valence-corrected chi connectivity index (χ3v) is 2.88. The van der Waals surface area contributed by atoms with Crippen LogP contribution >= 0.6 is 0 Å². The van der Waals surface area contributed by atoms with Gasteiger partial charge in [0, 0.05) is 12.6 Å². The zero-order chi connectivity index (χ0) is 11.5. The van der Waals surface area contributed by atoms with E-state index in [2.05, 4.69) is 10.3 Å². The molecule has 0 spiro atoms. The molecule has 1 aliphatic carbocycles. The number of aliphatic hydroxyl groups excluding tert-OH is 1. The summed E-state index contributed by atoms with van der Waals surface area (Å²) < 4.78 is 5.03. The van der Waals surface area contributed by atoms with E-state index in [1.54, 1.807) is 19.2 Å². The van der Waals surface area contributed by atoms with Gasteiger partial charge in [0.1, 0.15) is 0 Å². The average molecular weight is 223 g/mol. The topological polar surface area (TPSA) is 80.4 Å². The molecule has 1 aliphatic rings. The van der Waals surface area contributed by atoms with Gasteiger partial charge in [-0.05, 0) is 24.8 Å². The van der Waals surface area contributed by atoms with Gasteiger partial charge in [-0.2, -0.15) is 4.98 Å². The number of nitrogens with two attached hydrogens (primary N) is 1. The molecule has 2 rings (SSSR count). The van der Waals surface area contributed by atoms with Crippen LogP contribution in [0.5, 0.6) is 5.88 Å². The van der Waals surface area contributed by atoms with Crippen LogP contribution in [0.15, 0.2) is 12.1 Å². The van der Waals surface area contributed by atoms with Crippen LogP contribution in [0.2, 0.25) is 0 Å². The summed E-state index contributed by atoms with van der Waals surface area (Å²) in [6, 6.07) is 3.50. The van der Waals surface area contributed by atoms with Crippen LogP contribution in [0.3, 0.4) is 0 Å². The van der Waals surface area contributed by atoms with Crippen molar-refractivity contribution in [2.45, 2.75) is 18.9 Å². The summed E-state index contributed by atoms with van der Waals surface area (Å²) in [5.74, 6) is 1.72. The summed E-state index contributed by atoms with van der Waals surface area (Å²) in [5, 5.41) is 12.3. The first kappa shape index (κ1) is 11.0. The Bertz CT molecular complexity index is 364. The summed E-state index contributed by atoms with van der Waals surface area (Å²) in [6.07, 6.45) is 1.59. The Hall–Kier alpha value is -1.49. The van der Waals surface area contributed by atoms with Crippen molar-refractivity contribution in [3.05, 3.63) is 12.1 Å². The SMILES string of the molecule is COc1ccc(N)c(NCC2CC(O)C2)n1. The van der Waals surface area contributed by atoms with Gasteiger partial charge in [0.25, 0.3) is 0 Å². The number of hydrogen-bond donors (Lipinski definition) is 3. The maximum Gasteiger partial charge on any atom is 0.215 e. The lowest BCUT2D eigenvalue weighted by Crippen LogP contribution is -2.33. The number of ether oxygens (including phenoxy) is 1. The largest absolute Gasteiger partial charge is 0.481 e. The Morgan fingerprint density at radius 3 is 2.94 bits per heavy atom. The van der Waals surface area contributed by atoms with Gasteiger partial charge in [-0.3, -0.25) is 0 Å². The van der Waals surface area contributed by atoms with Crippen molar-refractivity contribution in [1.82, 2.24) is 4.98 Å². The molecule has 5 heteroatoms. The van der Waals surface area contributed by atoms with E-state index in [1.165, 1.54) is 0 Å². The van der Waals surface area contributed by atoms with Gasteiger partial charge in [-0.1, -0.05) is 0 Å². The Morgan fingerprint density at radius 2 is 2.31 bits per heavy atom. The molecule has 16 heavy (non-hydrogen) atoms. The van der Waals surface area contributed by atoms with Gasteiger partial charge in [-0.25, -0.2) is 0 Å². The predicted molar refractivity (Wildman–Crippen MR) is 62.4 cm³/mol. The molecular weight excluding hydrogens is 206 g/mol. The molecule has 0 aromatic carbocycles. The van der Waals surface area contributed by atoms with Gasteiger partial charge in [0.2, 0.25) is 5.88 Å². The van der Waals surface area contributed by atoms with Crippen molar-refractivity contribution in [1.29, 1.82) is 0 Å². The van der Waals surface area contributed by atoms with Crippen LogP contribution in [-0.4, -0.2) is 29.8 Å². The highest BCUT2D eigenvalue weighted by Gasteiger charge is 2.26. The summed E-state index contributed by atoms with van der Waals surface area (Å²) in [7, 11) is 1.57. The number of methoxy groups -OCH3 is 1. The number of nitrogens with one attached hydrogen (secondary N) is 1. The van der Waals surface area contributed by atoms with Crippen LogP contribution in [0, 0.1) is 5.92 Å². The molecule has 5 nitrogen and oxygen atoms in total. The number of pyridine rings is 1. The van der Waals surface area contributed by atoms with E-state index in [9.17, 15) is 0 Å². The van der Waals surface area contributed by atoms with Crippen LogP contribution < -0.4 is 15.8 Å². The van der Waals surface area contributed by atoms with Gasteiger partial charge < -0.3 is 20.9 Å². The number of aliphatic hydroxyl groups is 1. The highest BCUT2D eigenvalue weighted by atomic mass is 16.5. The third kappa shape index (κ3) is 2.36. The molecule has 1 aromatic heterocycles. The van der Waals surface area contributed by atoms with Gasteiger partial charge in [0.05, 0.1) is 18.9 Å². The Labute approximate surface area is 94.6 Å². The van der Waals surface area contributed by atoms with E-state index in [0.29, 0.717) is 23.3 Å². The van der Waals surface area contributed by atoms with E-state index < -0.39 is 0 Å². The quantitative estimate of drug-likeness (QED) is 0.705. The lowest BCUT2D eigenvalue weighted by molar-refractivity contribution is 0.0486. The molecule has 0 atom stereocenters. The number of nitrogens with zero attached hydrogens (tertiary/aromatic N) is 1. The standard InChI is InChI=1S/C11H17N3O2/c1-16-10-3-2-9(12)11(14-10)13-6-7-4-8(15)5-7/h2-3,7-8,15H,4-6,12H2,1H3,(H,13,14). The van der Waals surface area contributed by atoms with E-state index in [-0.39, 0.29) is 6.10 Å². The average Bonchev–Trinajstić information content (AvgIpc) is 2.25. The number of rotatable bonds is 4. The van der Waals surface area contributed by atoms with Crippen molar-refractivity contribution < 1.29 is 9.84 Å². The number of aromatic nitrogens is 1. The predicted octanol–water partition coefficient (Wildman–Crippen LogP) is 0.855. The van der Waals surface area contributed by atoms with Crippen molar-refractivity contribution in [3.8, 4) is 5.88 Å². The maximum absolute atomic E-state index is 9.16. The molecule has 0 saturated heterocycles. The molecule has 0 amide bonds. The minimum Gasteiger partial charge on any atom is -0.481 e. The normalized spacial score (nSPS) is 23.6. The van der Waals surface area contributed by atoms with Crippen LogP contribution in [0.4, 0.5) is 11.5 Å². The molecule has 0 unspecified atom stereocenters. The fourth-order valence-electron chi connectivity index (χ4n) is 1.82. The smallest absolute Gasteiger partial charge is 0.215 e. The first-order valence-electron chi connectivity index (χ1n) is 5.41. The number of hydrogen-bond acceptors (Lipinski definition) is 5. The van der Waals surface area contributed by atoms with E-state index in [1.807, 2.05) is 0 Å². The van der Waals surface area contributed by atoms with E-state index >= 15 is 0 Å². The van der Waals surface area contributed by atoms with Gasteiger partial charge in [0.15, 0.2) is 5.82 Å². The van der Waals surface area contributed by atoms with Crippen molar-refractivity contribution >= 4 is 11.5 Å². The van der Waals surface area contributed by atoms with Crippen molar-refractivity contribution in [2.75, 3.05) is 24.7 Å². The van der Waals surface area contributed by atoms with E-state index in [4.69, 9.17) is 15.6 Å². The monoisotopic (exact) mass is 223 g/mol. The molecule has 0 bridgehead atoms. The highest BCUT2D eigenvalue weighted by molar-refractivity contribution is 5.61. The molecular formula is C11H17N3O2. The van der Waals surface area contributed by atoms with Gasteiger partial charge >= 0.3 is 0 Å². The lowest BCUT2D eigenvalue weighted by atomic mass is 9.82. The summed E-state index contributed by atoms with van der Waals surface area (Å²) in [4.78, 5) is 4.22. The van der Waals surface area contributed by atoms with E-state index in [0.717, 1.165) is 19.4 Å². The lowest BCUT2D eigenvalue weighted by Gasteiger charge is -2.31. The van der Waals surface area contributed by atoms with Crippen molar-refractivity contribution in [3.63, 3.8) is 0 Å². The van der Waals surface area contributed by atoms with Gasteiger partial charge in [-0.15, -0.1) is 0 Å². The second-order valence-corrected chi connectivity index (χ2v) is 4.16. The van der Waals surface area contributed by atoms with Crippen molar-refractivity contribution in [2.24, 2.45) is 5.92 Å². The Morgan fingerprint density at radius 1 is 1.56 bits per heavy atom. The molecule has 4 N–H and O–H groups in total. The molecule has 0 aliphatic heterocycles. The minimum atomic E-state index is -0.123. The zero-order valence-corrected chi connectivity index (χ0v) is 9.31. The third-order valence-electron chi connectivity index (χ3n) is 2.88. The molecule has 1 saturated carbocycles. The first-order valence-corrected chi connectivity index (χ1v) is 5.41. The fourth-order valence-corrected chi connectivity index (χ4v) is 1.82.